The third-order valence-corrected chi connectivity index (χ3v) is 6.42. The Kier molecular flexibility index (Phi) is 7.46. The van der Waals surface area contributed by atoms with Crippen molar-refractivity contribution < 1.29 is 13.2 Å². The van der Waals surface area contributed by atoms with Gasteiger partial charge in [-0.15, -0.1) is 0 Å². The van der Waals surface area contributed by atoms with E-state index in [0.29, 0.717) is 23.9 Å². The average molecular weight is 409 g/mol. The summed E-state index contributed by atoms with van der Waals surface area (Å²) in [6.45, 7) is 1.24. The van der Waals surface area contributed by atoms with E-state index in [1.165, 1.54) is 6.26 Å². The molecule has 0 aromatic heterocycles. The molecule has 156 valence electrons. The first-order valence-electron chi connectivity index (χ1n) is 9.63. The van der Waals surface area contributed by atoms with Gasteiger partial charge in [-0.2, -0.15) is 0 Å². The van der Waals surface area contributed by atoms with E-state index in [2.05, 4.69) is 15.6 Å². The Labute approximate surface area is 168 Å². The molecule has 0 saturated heterocycles. The zero-order chi connectivity index (χ0) is 20.8. The van der Waals surface area contributed by atoms with Crippen LogP contribution in [0.4, 0.5) is 0 Å². The van der Waals surface area contributed by atoms with Crippen molar-refractivity contribution in [2.24, 2.45) is 10.4 Å². The molecule has 1 aromatic rings. The van der Waals surface area contributed by atoms with Gasteiger partial charge in [-0.05, 0) is 37.0 Å². The molecule has 0 bridgehead atoms. The Morgan fingerprint density at radius 1 is 1.14 bits per heavy atom. The number of nitrogens with one attached hydrogen (secondary N) is 2. The van der Waals surface area contributed by atoms with Crippen LogP contribution in [0.1, 0.15) is 31.2 Å². The van der Waals surface area contributed by atoms with Gasteiger partial charge >= 0.3 is 0 Å². The van der Waals surface area contributed by atoms with Gasteiger partial charge in [0.2, 0.25) is 5.91 Å². The summed E-state index contributed by atoms with van der Waals surface area (Å²) in [4.78, 5) is 18.9. The van der Waals surface area contributed by atoms with E-state index < -0.39 is 9.84 Å². The zero-order valence-corrected chi connectivity index (χ0v) is 18.1. The van der Waals surface area contributed by atoms with Crippen molar-refractivity contribution in [2.75, 3.05) is 40.5 Å². The van der Waals surface area contributed by atoms with E-state index in [0.717, 1.165) is 37.7 Å². The lowest BCUT2D eigenvalue weighted by atomic mass is 9.84. The maximum absolute atomic E-state index is 12.6. The van der Waals surface area contributed by atoms with Crippen molar-refractivity contribution >= 4 is 21.7 Å². The molecule has 2 rings (SSSR count). The van der Waals surface area contributed by atoms with Gasteiger partial charge < -0.3 is 15.5 Å². The van der Waals surface area contributed by atoms with Crippen LogP contribution in [-0.4, -0.2) is 65.7 Å². The molecule has 8 heteroatoms. The predicted octanol–water partition coefficient (Wildman–Crippen LogP) is 1.45. The highest BCUT2D eigenvalue weighted by Gasteiger charge is 2.42. The molecule has 0 heterocycles. The van der Waals surface area contributed by atoms with Crippen molar-refractivity contribution in [3.05, 3.63) is 29.8 Å². The Hall–Kier alpha value is -2.09. The molecule has 1 fully saturated rings. The minimum absolute atomic E-state index is 0.180. The van der Waals surface area contributed by atoms with E-state index in [1.807, 2.05) is 26.2 Å². The van der Waals surface area contributed by atoms with E-state index in [-0.39, 0.29) is 11.3 Å². The minimum Gasteiger partial charge on any atom is -0.356 e. The molecule has 2 N–H and O–H groups in total. The summed E-state index contributed by atoms with van der Waals surface area (Å²) in [5.74, 6) is 0.851. The maximum atomic E-state index is 12.6. The van der Waals surface area contributed by atoms with Gasteiger partial charge in [0.25, 0.3) is 0 Å². The molecule has 0 unspecified atom stereocenters. The lowest BCUT2D eigenvalue weighted by Crippen LogP contribution is -2.49. The number of sulfone groups is 1. The fourth-order valence-corrected chi connectivity index (χ4v) is 4.32. The van der Waals surface area contributed by atoms with Crippen LogP contribution in [0.15, 0.2) is 34.2 Å². The number of nitrogens with zero attached hydrogens (tertiary/aromatic N) is 2. The Bertz CT molecular complexity index is 795. The lowest BCUT2D eigenvalue weighted by molar-refractivity contribution is -0.138. The summed E-state index contributed by atoms with van der Waals surface area (Å²) >= 11 is 0. The van der Waals surface area contributed by atoms with Gasteiger partial charge in [-0.25, -0.2) is 8.42 Å². The number of guanidine groups is 1. The molecule has 28 heavy (non-hydrogen) atoms. The predicted molar refractivity (Wildman–Crippen MR) is 112 cm³/mol. The number of hydrogen-bond acceptors (Lipinski definition) is 4. The fraction of sp³-hybridized carbons (Fsp3) is 0.600. The molecule has 0 atom stereocenters. The molecule has 1 saturated carbocycles. The number of carbonyl (C=O) groups excluding carboxylic acids is 1. The van der Waals surface area contributed by atoms with Gasteiger partial charge in [0.05, 0.1) is 10.3 Å². The molecular weight excluding hydrogens is 376 g/mol. The average Bonchev–Trinajstić information content (AvgIpc) is 3.13. The smallest absolute Gasteiger partial charge is 0.230 e. The van der Waals surface area contributed by atoms with E-state index in [9.17, 15) is 13.2 Å². The standard InChI is InChI=1S/C20H32N4O3S/c1-21-19(23-15-20(12-5-6-13-20)18(25)24(2)3)22-14-11-16-7-9-17(10-8-16)28(4,26)27/h7-10H,5-6,11-15H2,1-4H3,(H2,21,22,23). The normalized spacial score (nSPS) is 16.6. The van der Waals surface area contributed by atoms with E-state index in [4.69, 9.17) is 0 Å². The highest BCUT2D eigenvalue weighted by atomic mass is 32.2. The first kappa shape index (κ1) is 22.2. The quantitative estimate of drug-likeness (QED) is 0.526. The summed E-state index contributed by atoms with van der Waals surface area (Å²) in [5.41, 5.74) is 0.702. The molecule has 0 spiro atoms. The van der Waals surface area contributed by atoms with Crippen LogP contribution in [0.5, 0.6) is 0 Å². The maximum Gasteiger partial charge on any atom is 0.230 e. The second-order valence-corrected chi connectivity index (χ2v) is 9.72. The molecule has 0 radical (unpaired) electrons. The highest BCUT2D eigenvalue weighted by Crippen LogP contribution is 2.38. The lowest BCUT2D eigenvalue weighted by Gasteiger charge is -2.31. The van der Waals surface area contributed by atoms with Crippen LogP contribution in [0.3, 0.4) is 0 Å². The van der Waals surface area contributed by atoms with Gasteiger partial charge in [-0.3, -0.25) is 9.79 Å². The van der Waals surface area contributed by atoms with Gasteiger partial charge in [0.15, 0.2) is 15.8 Å². The Balaban J connectivity index is 1.87. The molecule has 1 aliphatic rings. The molecular formula is C20H32N4O3S. The molecule has 0 aliphatic heterocycles. The van der Waals surface area contributed by atoms with Crippen LogP contribution >= 0.6 is 0 Å². The van der Waals surface area contributed by atoms with Crippen LogP contribution in [0.2, 0.25) is 0 Å². The Morgan fingerprint density at radius 3 is 2.25 bits per heavy atom. The van der Waals surface area contributed by atoms with E-state index >= 15 is 0 Å². The minimum atomic E-state index is -3.17. The molecule has 1 aliphatic carbocycles. The highest BCUT2D eigenvalue weighted by molar-refractivity contribution is 7.90. The zero-order valence-electron chi connectivity index (χ0n) is 17.3. The van der Waals surface area contributed by atoms with Crippen molar-refractivity contribution in [2.45, 2.75) is 37.0 Å². The van der Waals surface area contributed by atoms with E-state index in [1.54, 1.807) is 24.1 Å². The van der Waals surface area contributed by atoms with Gasteiger partial charge in [0.1, 0.15) is 0 Å². The summed E-state index contributed by atoms with van der Waals surface area (Å²) in [7, 11) is 2.17. The summed E-state index contributed by atoms with van der Waals surface area (Å²) < 4.78 is 23.0. The van der Waals surface area contributed by atoms with Crippen LogP contribution in [0.25, 0.3) is 0 Å². The largest absolute Gasteiger partial charge is 0.356 e. The number of carbonyl (C=O) groups is 1. The Morgan fingerprint density at radius 2 is 1.75 bits per heavy atom. The van der Waals surface area contributed by atoms with Gasteiger partial charge in [0, 0.05) is 40.5 Å². The van der Waals surface area contributed by atoms with Crippen molar-refractivity contribution in [3.8, 4) is 0 Å². The second-order valence-electron chi connectivity index (χ2n) is 7.71. The summed E-state index contributed by atoms with van der Waals surface area (Å²) in [5, 5.41) is 6.58. The topological polar surface area (TPSA) is 90.9 Å². The number of benzene rings is 1. The number of rotatable bonds is 7. The first-order valence-corrected chi connectivity index (χ1v) is 11.5. The second kappa shape index (κ2) is 9.41. The molecule has 7 nitrogen and oxygen atoms in total. The van der Waals surface area contributed by atoms with Crippen molar-refractivity contribution in [3.63, 3.8) is 0 Å². The number of hydrogen-bond donors (Lipinski definition) is 2. The third kappa shape index (κ3) is 5.70. The summed E-state index contributed by atoms with van der Waals surface area (Å²) in [6, 6.07) is 6.93. The first-order chi connectivity index (χ1) is 13.2. The van der Waals surface area contributed by atoms with Crippen molar-refractivity contribution in [1.82, 2.24) is 15.5 Å². The van der Waals surface area contributed by atoms with Crippen LogP contribution in [0, 0.1) is 5.41 Å². The monoisotopic (exact) mass is 408 g/mol. The SMILES string of the molecule is CN=C(NCCc1ccc(S(C)(=O)=O)cc1)NCC1(C(=O)N(C)C)CCCC1. The molecule has 1 amide bonds. The van der Waals surface area contributed by atoms with Crippen LogP contribution in [-0.2, 0) is 21.1 Å². The third-order valence-electron chi connectivity index (χ3n) is 5.30. The van der Waals surface area contributed by atoms with Gasteiger partial charge in [-0.1, -0.05) is 25.0 Å². The van der Waals surface area contributed by atoms with Crippen molar-refractivity contribution in [1.29, 1.82) is 0 Å². The number of aliphatic imine (C=N–C) groups is 1. The fourth-order valence-electron chi connectivity index (χ4n) is 3.69. The van der Waals surface area contributed by atoms with Crippen LogP contribution < -0.4 is 10.6 Å². The number of amides is 1. The molecule has 1 aromatic carbocycles. The summed E-state index contributed by atoms with van der Waals surface area (Å²) in [6.07, 6.45) is 5.92.